The summed E-state index contributed by atoms with van der Waals surface area (Å²) in [5, 5.41) is 14.4. The Morgan fingerprint density at radius 3 is 2.79 bits per heavy atom. The number of carboxylic acids is 1. The molecule has 0 aliphatic carbocycles. The standard InChI is InChI=1S/C13H20ClN3O2/c1-4-9-11(14)10(16(3)15-9)7-17-6-5-8(2)12(17)13(18)19/h8,12H,4-7H2,1-3H3,(H,18,19). The maximum absolute atomic E-state index is 11.3. The number of carboxylic acid groups (broad SMARTS) is 1. The average molecular weight is 286 g/mol. The summed E-state index contributed by atoms with van der Waals surface area (Å²) < 4.78 is 1.77. The van der Waals surface area contributed by atoms with E-state index in [4.69, 9.17) is 11.6 Å². The van der Waals surface area contributed by atoms with Crippen LogP contribution in [0.5, 0.6) is 0 Å². The van der Waals surface area contributed by atoms with Crippen LogP contribution in [0.1, 0.15) is 31.7 Å². The molecule has 2 rings (SSSR count). The van der Waals surface area contributed by atoms with Gasteiger partial charge in [-0.1, -0.05) is 25.4 Å². The largest absolute Gasteiger partial charge is 0.480 e. The minimum Gasteiger partial charge on any atom is -0.480 e. The predicted octanol–water partition coefficient (Wildman–Crippen LogP) is 1.93. The lowest BCUT2D eigenvalue weighted by molar-refractivity contribution is -0.143. The van der Waals surface area contributed by atoms with Crippen LogP contribution in [0.25, 0.3) is 0 Å². The van der Waals surface area contributed by atoms with Crippen LogP contribution in [0.3, 0.4) is 0 Å². The second-order valence-electron chi connectivity index (χ2n) is 5.20. The van der Waals surface area contributed by atoms with Crippen LogP contribution in [0.4, 0.5) is 0 Å². The minimum atomic E-state index is -0.751. The molecule has 0 spiro atoms. The van der Waals surface area contributed by atoms with Crippen LogP contribution >= 0.6 is 11.6 Å². The molecule has 1 N–H and O–H groups in total. The molecule has 2 unspecified atom stereocenters. The molecule has 106 valence electrons. The average Bonchev–Trinajstić information content (AvgIpc) is 2.84. The van der Waals surface area contributed by atoms with E-state index in [0.29, 0.717) is 11.6 Å². The summed E-state index contributed by atoms with van der Waals surface area (Å²) in [7, 11) is 1.86. The molecule has 0 bridgehead atoms. The second kappa shape index (κ2) is 5.51. The van der Waals surface area contributed by atoms with Crippen molar-refractivity contribution in [3.63, 3.8) is 0 Å². The maximum atomic E-state index is 11.3. The third-order valence-electron chi connectivity index (χ3n) is 3.91. The predicted molar refractivity (Wildman–Crippen MR) is 73.2 cm³/mol. The summed E-state index contributed by atoms with van der Waals surface area (Å²) >= 11 is 6.31. The molecular weight excluding hydrogens is 266 g/mol. The van der Waals surface area contributed by atoms with Crippen LogP contribution < -0.4 is 0 Å². The van der Waals surface area contributed by atoms with Crippen LogP contribution in [0, 0.1) is 5.92 Å². The van der Waals surface area contributed by atoms with Crippen LogP contribution in [0.2, 0.25) is 5.02 Å². The van der Waals surface area contributed by atoms with Crippen LogP contribution in [-0.4, -0.2) is 38.3 Å². The number of likely N-dealkylation sites (tertiary alicyclic amines) is 1. The molecule has 1 saturated heterocycles. The van der Waals surface area contributed by atoms with Crippen LogP contribution in [0.15, 0.2) is 0 Å². The number of carbonyl (C=O) groups is 1. The van der Waals surface area contributed by atoms with Crippen molar-refractivity contribution in [2.24, 2.45) is 13.0 Å². The summed E-state index contributed by atoms with van der Waals surface area (Å²) in [5.41, 5.74) is 1.78. The Hall–Kier alpha value is -1.07. The van der Waals surface area contributed by atoms with E-state index in [0.717, 1.165) is 30.8 Å². The molecule has 1 aliphatic rings. The molecule has 6 heteroatoms. The van der Waals surface area contributed by atoms with Gasteiger partial charge in [-0.3, -0.25) is 14.4 Å². The molecule has 1 fully saturated rings. The number of hydrogen-bond donors (Lipinski definition) is 1. The third-order valence-corrected chi connectivity index (χ3v) is 4.35. The molecule has 0 radical (unpaired) electrons. The van der Waals surface area contributed by atoms with Gasteiger partial charge in [0, 0.05) is 13.6 Å². The van der Waals surface area contributed by atoms with Gasteiger partial charge in [-0.2, -0.15) is 5.10 Å². The van der Waals surface area contributed by atoms with Gasteiger partial charge in [0.2, 0.25) is 0 Å². The summed E-state index contributed by atoms with van der Waals surface area (Å²) in [5.74, 6) is -0.575. The minimum absolute atomic E-state index is 0.176. The number of aromatic nitrogens is 2. The fraction of sp³-hybridized carbons (Fsp3) is 0.692. The van der Waals surface area contributed by atoms with E-state index in [1.165, 1.54) is 0 Å². The first-order valence-electron chi connectivity index (χ1n) is 6.62. The summed E-state index contributed by atoms with van der Waals surface area (Å²) in [6, 6.07) is -0.420. The monoisotopic (exact) mass is 285 g/mol. The third kappa shape index (κ3) is 2.62. The van der Waals surface area contributed by atoms with Crippen molar-refractivity contribution in [3.05, 3.63) is 16.4 Å². The van der Waals surface area contributed by atoms with Gasteiger partial charge in [-0.05, 0) is 25.3 Å². The Bertz CT molecular complexity index is 486. The van der Waals surface area contributed by atoms with Crippen molar-refractivity contribution in [1.82, 2.24) is 14.7 Å². The van der Waals surface area contributed by atoms with Gasteiger partial charge in [0.1, 0.15) is 6.04 Å². The number of halogens is 1. The normalized spacial score (nSPS) is 24.0. The summed E-state index contributed by atoms with van der Waals surface area (Å²) in [6.07, 6.45) is 1.69. The lowest BCUT2D eigenvalue weighted by Crippen LogP contribution is -2.38. The Kier molecular flexibility index (Phi) is 4.16. The van der Waals surface area contributed by atoms with E-state index >= 15 is 0 Å². The van der Waals surface area contributed by atoms with E-state index in [1.54, 1.807) is 4.68 Å². The lowest BCUT2D eigenvalue weighted by atomic mass is 10.0. The Morgan fingerprint density at radius 1 is 1.58 bits per heavy atom. The number of aliphatic carboxylic acids is 1. The van der Waals surface area contributed by atoms with E-state index in [9.17, 15) is 9.90 Å². The molecule has 19 heavy (non-hydrogen) atoms. The highest BCUT2D eigenvalue weighted by Gasteiger charge is 2.37. The zero-order chi connectivity index (χ0) is 14.2. The maximum Gasteiger partial charge on any atom is 0.321 e. The molecular formula is C13H20ClN3O2. The number of nitrogens with zero attached hydrogens (tertiary/aromatic N) is 3. The second-order valence-corrected chi connectivity index (χ2v) is 5.58. The van der Waals surface area contributed by atoms with Gasteiger partial charge in [-0.25, -0.2) is 0 Å². The quantitative estimate of drug-likeness (QED) is 0.918. The van der Waals surface area contributed by atoms with Gasteiger partial charge in [-0.15, -0.1) is 0 Å². The molecule has 0 amide bonds. The molecule has 0 aromatic carbocycles. The summed E-state index contributed by atoms with van der Waals surface area (Å²) in [4.78, 5) is 13.3. The van der Waals surface area contributed by atoms with Crippen molar-refractivity contribution in [2.75, 3.05) is 6.54 Å². The molecule has 0 saturated carbocycles. The zero-order valence-corrected chi connectivity index (χ0v) is 12.3. The number of aryl methyl sites for hydroxylation is 2. The van der Waals surface area contributed by atoms with Crippen molar-refractivity contribution in [1.29, 1.82) is 0 Å². The SMILES string of the molecule is CCc1nn(C)c(CN2CCC(C)C2C(=O)O)c1Cl. The highest BCUT2D eigenvalue weighted by molar-refractivity contribution is 6.31. The topological polar surface area (TPSA) is 58.4 Å². The van der Waals surface area contributed by atoms with Crippen LogP contribution in [-0.2, 0) is 24.8 Å². The Labute approximate surface area is 118 Å². The van der Waals surface area contributed by atoms with Gasteiger partial charge < -0.3 is 5.11 Å². The number of hydrogen-bond acceptors (Lipinski definition) is 3. The fourth-order valence-electron chi connectivity index (χ4n) is 2.79. The van der Waals surface area contributed by atoms with Crippen molar-refractivity contribution < 1.29 is 9.90 Å². The summed E-state index contributed by atoms with van der Waals surface area (Å²) in [6.45, 7) is 5.34. The first kappa shape index (κ1) is 14.3. The first-order valence-corrected chi connectivity index (χ1v) is 7.00. The molecule has 1 aliphatic heterocycles. The molecule has 2 atom stereocenters. The van der Waals surface area contributed by atoms with E-state index < -0.39 is 12.0 Å². The van der Waals surface area contributed by atoms with E-state index in [1.807, 2.05) is 25.8 Å². The molecule has 1 aromatic rings. The van der Waals surface area contributed by atoms with Gasteiger partial charge in [0.25, 0.3) is 0 Å². The highest BCUT2D eigenvalue weighted by atomic mass is 35.5. The van der Waals surface area contributed by atoms with Gasteiger partial charge in [0.15, 0.2) is 0 Å². The molecule has 1 aromatic heterocycles. The van der Waals surface area contributed by atoms with Gasteiger partial charge >= 0.3 is 5.97 Å². The fourth-order valence-corrected chi connectivity index (χ4v) is 3.14. The van der Waals surface area contributed by atoms with Crippen molar-refractivity contribution in [2.45, 2.75) is 39.3 Å². The van der Waals surface area contributed by atoms with Crippen molar-refractivity contribution >= 4 is 17.6 Å². The number of rotatable bonds is 4. The smallest absolute Gasteiger partial charge is 0.321 e. The van der Waals surface area contributed by atoms with E-state index in [2.05, 4.69) is 5.10 Å². The first-order chi connectivity index (χ1) is 8.95. The Balaban J connectivity index is 2.22. The van der Waals surface area contributed by atoms with E-state index in [-0.39, 0.29) is 5.92 Å². The highest BCUT2D eigenvalue weighted by Crippen LogP contribution is 2.29. The molecule has 5 nitrogen and oxygen atoms in total. The molecule has 2 heterocycles. The van der Waals surface area contributed by atoms with Crippen molar-refractivity contribution in [3.8, 4) is 0 Å². The lowest BCUT2D eigenvalue weighted by Gasteiger charge is -2.23. The zero-order valence-electron chi connectivity index (χ0n) is 11.6. The Morgan fingerprint density at radius 2 is 2.26 bits per heavy atom. The van der Waals surface area contributed by atoms with Gasteiger partial charge in [0.05, 0.1) is 16.4 Å².